The molecule has 0 amide bonds. The summed E-state index contributed by atoms with van der Waals surface area (Å²) in [4.78, 5) is 5.29. The summed E-state index contributed by atoms with van der Waals surface area (Å²) in [5.41, 5.74) is 10.1. The Morgan fingerprint density at radius 1 is 1.33 bits per heavy atom. The van der Waals surface area contributed by atoms with Crippen molar-refractivity contribution in [3.63, 3.8) is 0 Å². The molecule has 148 valence electrons. The summed E-state index contributed by atoms with van der Waals surface area (Å²) in [5.74, 6) is 0.588. The zero-order valence-corrected chi connectivity index (χ0v) is 17.0. The first-order valence-corrected chi connectivity index (χ1v) is 10.1. The fourth-order valence-corrected chi connectivity index (χ4v) is 5.36. The second-order valence-electron chi connectivity index (χ2n) is 8.91. The lowest BCUT2D eigenvalue weighted by Crippen LogP contribution is -2.54. The maximum atomic E-state index is 9.89. The quantitative estimate of drug-likeness (QED) is 0.352. The minimum absolute atomic E-state index is 0.0719. The zero-order valence-electron chi connectivity index (χ0n) is 17.0. The normalized spacial score (nSPS) is 31.9. The summed E-state index contributed by atoms with van der Waals surface area (Å²) in [6.07, 6.45) is 5.80. The molecular formula is C22H33N3O2. The van der Waals surface area contributed by atoms with Crippen LogP contribution >= 0.6 is 0 Å². The third-order valence-corrected chi connectivity index (χ3v) is 6.58. The van der Waals surface area contributed by atoms with Gasteiger partial charge in [0.1, 0.15) is 6.61 Å². The van der Waals surface area contributed by atoms with Gasteiger partial charge in [0, 0.05) is 29.7 Å². The molecule has 0 bridgehead atoms. The number of rotatable bonds is 5. The molecule has 0 aromatic heterocycles. The Labute approximate surface area is 162 Å². The third kappa shape index (κ3) is 3.49. The van der Waals surface area contributed by atoms with Crippen LogP contribution in [-0.2, 0) is 16.7 Å². The van der Waals surface area contributed by atoms with Crippen molar-refractivity contribution in [3.05, 3.63) is 34.9 Å². The van der Waals surface area contributed by atoms with E-state index in [4.69, 9.17) is 10.6 Å². The van der Waals surface area contributed by atoms with Crippen molar-refractivity contribution in [3.8, 4) is 0 Å². The van der Waals surface area contributed by atoms with Crippen molar-refractivity contribution in [2.45, 2.75) is 64.7 Å². The summed E-state index contributed by atoms with van der Waals surface area (Å²) in [5, 5.41) is 17.9. The standard InChI is InChI=1S/C22H33N3O2/c1-15(2)16-6-7-18-17(12-16)13-19(25-26)20-21(3,14-24-27-11-10-23)8-5-9-22(18,20)4/h6-7,12,14-15,20,26H,5,8-11,13,23H2,1-4H3/t20?,21-,22-/m1/s1. The highest BCUT2D eigenvalue weighted by Crippen LogP contribution is 2.55. The molecule has 2 aliphatic carbocycles. The summed E-state index contributed by atoms with van der Waals surface area (Å²) in [6, 6.07) is 6.87. The predicted octanol–water partition coefficient (Wildman–Crippen LogP) is 4.22. The molecule has 3 atom stereocenters. The number of hydrogen-bond donors (Lipinski definition) is 2. The molecule has 5 heteroatoms. The van der Waals surface area contributed by atoms with E-state index in [2.05, 4.69) is 56.2 Å². The highest BCUT2D eigenvalue weighted by molar-refractivity contribution is 5.95. The van der Waals surface area contributed by atoms with Gasteiger partial charge in [-0.2, -0.15) is 0 Å². The first-order chi connectivity index (χ1) is 12.9. The Bertz CT molecular complexity index is 743. The molecular weight excluding hydrogens is 338 g/mol. The Morgan fingerprint density at radius 3 is 2.78 bits per heavy atom. The number of hydrogen-bond acceptors (Lipinski definition) is 5. The van der Waals surface area contributed by atoms with Crippen LogP contribution in [0.15, 0.2) is 28.5 Å². The number of benzene rings is 1. The molecule has 5 nitrogen and oxygen atoms in total. The van der Waals surface area contributed by atoms with Gasteiger partial charge in [0.25, 0.3) is 0 Å². The third-order valence-electron chi connectivity index (χ3n) is 6.58. The largest absolute Gasteiger partial charge is 0.411 e. The Hall–Kier alpha value is -1.88. The van der Waals surface area contributed by atoms with Gasteiger partial charge in [-0.3, -0.25) is 0 Å². The monoisotopic (exact) mass is 371 g/mol. The Balaban J connectivity index is 2.05. The van der Waals surface area contributed by atoms with E-state index in [1.807, 2.05) is 6.21 Å². The van der Waals surface area contributed by atoms with Gasteiger partial charge in [-0.05, 0) is 35.4 Å². The average Bonchev–Trinajstić information content (AvgIpc) is 2.64. The minimum atomic E-state index is -0.211. The van der Waals surface area contributed by atoms with E-state index in [-0.39, 0.29) is 16.7 Å². The molecule has 0 heterocycles. The predicted molar refractivity (Wildman–Crippen MR) is 110 cm³/mol. The van der Waals surface area contributed by atoms with Crippen molar-refractivity contribution in [1.82, 2.24) is 0 Å². The first kappa shape index (κ1) is 19.9. The van der Waals surface area contributed by atoms with E-state index >= 15 is 0 Å². The first-order valence-electron chi connectivity index (χ1n) is 10.1. The molecule has 1 unspecified atom stereocenters. The SMILES string of the molecule is CC(C)c1ccc2c(c1)CC(=NO)C1[C@@](C)(C=NOCCN)CCC[C@]21C. The van der Waals surface area contributed by atoms with Crippen molar-refractivity contribution in [1.29, 1.82) is 0 Å². The van der Waals surface area contributed by atoms with E-state index in [9.17, 15) is 5.21 Å². The molecule has 0 radical (unpaired) electrons. The number of fused-ring (bicyclic) bond motifs is 3. The molecule has 1 aromatic rings. The van der Waals surface area contributed by atoms with Gasteiger partial charge in [0.2, 0.25) is 0 Å². The molecule has 0 spiro atoms. The van der Waals surface area contributed by atoms with Crippen LogP contribution in [0.1, 0.15) is 69.6 Å². The van der Waals surface area contributed by atoms with Gasteiger partial charge < -0.3 is 15.8 Å². The second-order valence-corrected chi connectivity index (χ2v) is 8.91. The van der Waals surface area contributed by atoms with Crippen LogP contribution in [0.25, 0.3) is 0 Å². The van der Waals surface area contributed by atoms with Crippen LogP contribution in [0, 0.1) is 11.3 Å². The maximum absolute atomic E-state index is 9.89. The molecule has 1 saturated carbocycles. The highest BCUT2D eigenvalue weighted by atomic mass is 16.6. The summed E-state index contributed by atoms with van der Waals surface area (Å²) < 4.78 is 0. The minimum Gasteiger partial charge on any atom is -0.411 e. The number of nitrogens with two attached hydrogens (primary N) is 1. The molecule has 1 fully saturated rings. The van der Waals surface area contributed by atoms with E-state index < -0.39 is 0 Å². The molecule has 2 aliphatic rings. The lowest BCUT2D eigenvalue weighted by Gasteiger charge is -2.54. The highest BCUT2D eigenvalue weighted by Gasteiger charge is 2.54. The van der Waals surface area contributed by atoms with Crippen molar-refractivity contribution >= 4 is 11.9 Å². The van der Waals surface area contributed by atoms with Crippen LogP contribution in [-0.4, -0.2) is 30.3 Å². The van der Waals surface area contributed by atoms with Crippen molar-refractivity contribution < 1.29 is 10.0 Å². The molecule has 1 aromatic carbocycles. The fraction of sp³-hybridized carbons (Fsp3) is 0.636. The van der Waals surface area contributed by atoms with Gasteiger partial charge >= 0.3 is 0 Å². The second kappa shape index (κ2) is 7.63. The maximum Gasteiger partial charge on any atom is 0.129 e. The van der Waals surface area contributed by atoms with Crippen molar-refractivity contribution in [2.24, 2.45) is 27.4 Å². The lowest BCUT2D eigenvalue weighted by molar-refractivity contribution is 0.124. The van der Waals surface area contributed by atoms with E-state index in [1.165, 1.54) is 16.7 Å². The van der Waals surface area contributed by atoms with E-state index in [0.29, 0.717) is 25.5 Å². The zero-order chi connectivity index (χ0) is 19.7. The smallest absolute Gasteiger partial charge is 0.129 e. The van der Waals surface area contributed by atoms with E-state index in [1.54, 1.807) is 0 Å². The van der Waals surface area contributed by atoms with Gasteiger partial charge in [-0.25, -0.2) is 0 Å². The molecule has 27 heavy (non-hydrogen) atoms. The number of oxime groups is 2. The van der Waals surface area contributed by atoms with Crippen LogP contribution in [0.4, 0.5) is 0 Å². The summed E-state index contributed by atoms with van der Waals surface area (Å²) >= 11 is 0. The summed E-state index contributed by atoms with van der Waals surface area (Å²) in [7, 11) is 0. The van der Waals surface area contributed by atoms with Crippen LogP contribution in [0.3, 0.4) is 0 Å². The van der Waals surface area contributed by atoms with Gasteiger partial charge in [0.15, 0.2) is 0 Å². The van der Waals surface area contributed by atoms with Crippen LogP contribution < -0.4 is 5.73 Å². The van der Waals surface area contributed by atoms with Gasteiger partial charge in [0.05, 0.1) is 11.9 Å². The molecule has 0 saturated heterocycles. The van der Waals surface area contributed by atoms with E-state index in [0.717, 1.165) is 25.0 Å². The van der Waals surface area contributed by atoms with Crippen LogP contribution in [0.2, 0.25) is 0 Å². The number of nitrogens with zero attached hydrogens (tertiary/aromatic N) is 2. The van der Waals surface area contributed by atoms with Gasteiger partial charge in [-0.15, -0.1) is 0 Å². The van der Waals surface area contributed by atoms with Crippen molar-refractivity contribution in [2.75, 3.05) is 13.2 Å². The molecule has 3 N–H and O–H groups in total. The Morgan fingerprint density at radius 2 is 2.11 bits per heavy atom. The molecule has 3 rings (SSSR count). The van der Waals surface area contributed by atoms with Crippen LogP contribution in [0.5, 0.6) is 0 Å². The lowest BCUT2D eigenvalue weighted by atomic mass is 9.49. The Kier molecular flexibility index (Phi) is 5.61. The topological polar surface area (TPSA) is 80.2 Å². The summed E-state index contributed by atoms with van der Waals surface area (Å²) in [6.45, 7) is 9.82. The molecule has 0 aliphatic heterocycles. The average molecular weight is 372 g/mol. The fourth-order valence-electron chi connectivity index (χ4n) is 5.36. The van der Waals surface area contributed by atoms with Gasteiger partial charge in [-0.1, -0.05) is 62.6 Å².